The van der Waals surface area contributed by atoms with Gasteiger partial charge < -0.3 is 9.47 Å². The van der Waals surface area contributed by atoms with Crippen LogP contribution in [0, 0.1) is 25.2 Å². The molecule has 1 aliphatic rings. The Morgan fingerprint density at radius 3 is 2.05 bits per heavy atom. The summed E-state index contributed by atoms with van der Waals surface area (Å²) in [5.74, 6) is 0.116. The molecular formula is C32H30N2O4. The number of aryl methyl sites for hydroxylation is 2. The van der Waals surface area contributed by atoms with Gasteiger partial charge in [-0.15, -0.1) is 0 Å². The van der Waals surface area contributed by atoms with Gasteiger partial charge in [-0.3, -0.25) is 14.5 Å². The number of hydrogen-bond acceptors (Lipinski definition) is 5. The Morgan fingerprint density at radius 2 is 1.45 bits per heavy atom. The minimum absolute atomic E-state index is 0.0361. The van der Waals surface area contributed by atoms with E-state index in [0.717, 1.165) is 21.6 Å². The van der Waals surface area contributed by atoms with Crippen molar-refractivity contribution < 1.29 is 19.1 Å². The van der Waals surface area contributed by atoms with Gasteiger partial charge in [0.1, 0.15) is 18.2 Å². The van der Waals surface area contributed by atoms with Crippen LogP contribution < -0.4 is 9.47 Å². The molecule has 3 aromatic carbocycles. The zero-order chi connectivity index (χ0) is 27.2. The Kier molecular flexibility index (Phi) is 8.08. The van der Waals surface area contributed by atoms with E-state index >= 15 is 0 Å². The molecule has 1 heterocycles. The van der Waals surface area contributed by atoms with Gasteiger partial charge in [0.15, 0.2) is 11.5 Å². The van der Waals surface area contributed by atoms with Crippen molar-refractivity contribution >= 4 is 17.9 Å². The minimum atomic E-state index is -0.581. The van der Waals surface area contributed by atoms with E-state index in [9.17, 15) is 14.9 Å². The number of carbonyl (C=O) groups excluding carboxylic acids is 2. The van der Waals surface area contributed by atoms with E-state index in [1.54, 1.807) is 25.1 Å². The van der Waals surface area contributed by atoms with Crippen molar-refractivity contribution in [3.63, 3.8) is 0 Å². The highest BCUT2D eigenvalue weighted by Gasteiger charge is 2.35. The summed E-state index contributed by atoms with van der Waals surface area (Å²) in [6, 6.07) is 23.1. The number of carbonyl (C=O) groups is 2. The molecule has 38 heavy (non-hydrogen) atoms. The number of amides is 2. The normalized spacial score (nSPS) is 14.6. The maximum absolute atomic E-state index is 13.5. The van der Waals surface area contributed by atoms with Gasteiger partial charge in [-0.05, 0) is 68.2 Å². The molecule has 0 radical (unpaired) electrons. The third kappa shape index (κ3) is 5.84. The maximum Gasteiger partial charge on any atom is 0.271 e. The fourth-order valence-corrected chi connectivity index (χ4v) is 4.16. The third-order valence-corrected chi connectivity index (χ3v) is 6.38. The van der Waals surface area contributed by atoms with Crippen LogP contribution in [0.25, 0.3) is 6.08 Å². The molecule has 6 heteroatoms. The third-order valence-electron chi connectivity index (χ3n) is 6.38. The smallest absolute Gasteiger partial charge is 0.271 e. The summed E-state index contributed by atoms with van der Waals surface area (Å²) >= 11 is 0. The second kappa shape index (κ2) is 11.6. The lowest BCUT2D eigenvalue weighted by Gasteiger charge is -2.27. The van der Waals surface area contributed by atoms with Crippen LogP contribution in [0.4, 0.5) is 0 Å². The number of nitrogens with zero attached hydrogens (tertiary/aromatic N) is 2. The topological polar surface area (TPSA) is 79.6 Å². The largest absolute Gasteiger partial charge is 0.490 e. The molecule has 0 fully saturated rings. The lowest BCUT2D eigenvalue weighted by Crippen LogP contribution is -2.42. The molecule has 3 aromatic rings. The monoisotopic (exact) mass is 506 g/mol. The molecule has 0 saturated heterocycles. The van der Waals surface area contributed by atoms with Crippen molar-refractivity contribution in [2.45, 2.75) is 40.8 Å². The van der Waals surface area contributed by atoms with Gasteiger partial charge in [-0.1, -0.05) is 65.7 Å². The van der Waals surface area contributed by atoms with E-state index in [-0.39, 0.29) is 12.1 Å². The SMILES string of the molecule is CCOc1cc(/C=C2/C(=O)N(Cc3ccc(C)cc3)C(=O)C(C#N)=C2C)ccc1OCc1ccc(C)cc1. The predicted octanol–water partition coefficient (Wildman–Crippen LogP) is 6.07. The van der Waals surface area contributed by atoms with Gasteiger partial charge in [0.05, 0.1) is 13.2 Å². The minimum Gasteiger partial charge on any atom is -0.490 e. The van der Waals surface area contributed by atoms with Gasteiger partial charge in [0, 0.05) is 5.57 Å². The van der Waals surface area contributed by atoms with Gasteiger partial charge in [-0.25, -0.2) is 0 Å². The summed E-state index contributed by atoms with van der Waals surface area (Å²) in [6.45, 7) is 8.45. The Balaban J connectivity index is 1.64. The summed E-state index contributed by atoms with van der Waals surface area (Å²) in [5.41, 5.74) is 5.43. The van der Waals surface area contributed by atoms with Crippen LogP contribution in [-0.2, 0) is 22.7 Å². The maximum atomic E-state index is 13.5. The first-order chi connectivity index (χ1) is 18.3. The fourth-order valence-electron chi connectivity index (χ4n) is 4.16. The average Bonchev–Trinajstić information content (AvgIpc) is 2.91. The molecule has 1 aliphatic heterocycles. The zero-order valence-electron chi connectivity index (χ0n) is 22.1. The van der Waals surface area contributed by atoms with Crippen molar-refractivity contribution in [1.29, 1.82) is 5.26 Å². The molecule has 0 atom stereocenters. The number of ether oxygens (including phenoxy) is 2. The molecule has 0 spiro atoms. The zero-order valence-corrected chi connectivity index (χ0v) is 22.1. The van der Waals surface area contributed by atoms with Gasteiger partial charge >= 0.3 is 0 Å². The molecule has 192 valence electrons. The lowest BCUT2D eigenvalue weighted by molar-refractivity contribution is -0.141. The molecule has 0 saturated carbocycles. The van der Waals surface area contributed by atoms with E-state index in [2.05, 4.69) is 0 Å². The summed E-state index contributed by atoms with van der Waals surface area (Å²) in [5, 5.41) is 9.71. The second-order valence-corrected chi connectivity index (χ2v) is 9.27. The molecule has 0 aliphatic carbocycles. The second-order valence-electron chi connectivity index (χ2n) is 9.27. The first-order valence-electron chi connectivity index (χ1n) is 12.5. The number of imide groups is 1. The molecular weight excluding hydrogens is 476 g/mol. The Labute approximate surface area is 223 Å². The van der Waals surface area contributed by atoms with Gasteiger partial charge in [0.2, 0.25) is 0 Å². The summed E-state index contributed by atoms with van der Waals surface area (Å²) in [4.78, 5) is 27.6. The quantitative estimate of drug-likeness (QED) is 0.274. The predicted molar refractivity (Wildman–Crippen MR) is 146 cm³/mol. The van der Waals surface area contributed by atoms with Crippen LogP contribution in [-0.4, -0.2) is 23.3 Å². The van der Waals surface area contributed by atoms with Gasteiger partial charge in [-0.2, -0.15) is 5.26 Å². The summed E-state index contributed by atoms with van der Waals surface area (Å²) in [6.07, 6.45) is 1.69. The highest BCUT2D eigenvalue weighted by Crippen LogP contribution is 2.33. The van der Waals surface area contributed by atoms with Crippen molar-refractivity contribution in [3.05, 3.63) is 111 Å². The molecule has 0 unspecified atom stereocenters. The fraction of sp³-hybridized carbons (Fsp3) is 0.219. The number of hydrogen-bond donors (Lipinski definition) is 0. The molecule has 0 aromatic heterocycles. The summed E-state index contributed by atoms with van der Waals surface area (Å²) in [7, 11) is 0. The van der Waals surface area contributed by atoms with Crippen LogP contribution in [0.5, 0.6) is 11.5 Å². The van der Waals surface area contributed by atoms with Gasteiger partial charge in [0.25, 0.3) is 11.8 Å². The van der Waals surface area contributed by atoms with Crippen LogP contribution in [0.3, 0.4) is 0 Å². The Morgan fingerprint density at radius 1 is 0.816 bits per heavy atom. The van der Waals surface area contributed by atoms with Crippen LogP contribution in [0.1, 0.15) is 41.7 Å². The average molecular weight is 507 g/mol. The number of benzene rings is 3. The van der Waals surface area contributed by atoms with Crippen molar-refractivity contribution in [2.75, 3.05) is 6.61 Å². The molecule has 0 N–H and O–H groups in total. The van der Waals surface area contributed by atoms with E-state index < -0.39 is 11.8 Å². The summed E-state index contributed by atoms with van der Waals surface area (Å²) < 4.78 is 11.9. The van der Waals surface area contributed by atoms with Crippen molar-refractivity contribution in [1.82, 2.24) is 4.90 Å². The van der Waals surface area contributed by atoms with Crippen LogP contribution in [0.15, 0.2) is 83.4 Å². The highest BCUT2D eigenvalue weighted by molar-refractivity contribution is 6.19. The van der Waals surface area contributed by atoms with E-state index in [1.807, 2.05) is 81.4 Å². The van der Waals surface area contributed by atoms with Crippen molar-refractivity contribution in [3.8, 4) is 17.6 Å². The Hall–Kier alpha value is -4.63. The lowest BCUT2D eigenvalue weighted by atomic mass is 9.93. The molecule has 4 rings (SSSR count). The number of nitriles is 1. The number of rotatable bonds is 8. The van der Waals surface area contributed by atoms with Crippen molar-refractivity contribution in [2.24, 2.45) is 0 Å². The molecule has 6 nitrogen and oxygen atoms in total. The standard InChI is InChI=1S/C32H30N2O4/c1-5-37-30-17-26(14-15-29(30)38-20-25-12-8-22(3)9-13-25)16-27-23(4)28(18-33)32(36)34(31(27)35)19-24-10-6-21(2)7-11-24/h6-17H,5,19-20H2,1-4H3/b27-16+. The first-order valence-corrected chi connectivity index (χ1v) is 12.5. The first kappa shape index (κ1) is 26.4. The molecule has 2 amide bonds. The van der Waals surface area contributed by atoms with Crippen LogP contribution in [0.2, 0.25) is 0 Å². The highest BCUT2D eigenvalue weighted by atomic mass is 16.5. The Bertz CT molecular complexity index is 1460. The van der Waals surface area contributed by atoms with E-state index in [1.165, 1.54) is 5.56 Å². The molecule has 0 bridgehead atoms. The van der Waals surface area contributed by atoms with Crippen LogP contribution >= 0.6 is 0 Å². The van der Waals surface area contributed by atoms with E-state index in [4.69, 9.17) is 9.47 Å². The van der Waals surface area contributed by atoms with E-state index in [0.29, 0.717) is 41.4 Å².